The van der Waals surface area contributed by atoms with Gasteiger partial charge in [0.15, 0.2) is 0 Å². The number of fused-ring (bicyclic) bond motifs is 11. The van der Waals surface area contributed by atoms with E-state index in [1.165, 1.54) is 21.5 Å². The third-order valence-electron chi connectivity index (χ3n) is 8.99. The highest BCUT2D eigenvalue weighted by Crippen LogP contribution is 2.40. The summed E-state index contributed by atoms with van der Waals surface area (Å²) in [7, 11) is 0. The minimum Gasteiger partial charge on any atom is -0.455 e. The lowest BCUT2D eigenvalue weighted by atomic mass is 9.98. The predicted octanol–water partition coefficient (Wildman–Crippen LogP) is 10.6. The van der Waals surface area contributed by atoms with Gasteiger partial charge in [0.1, 0.15) is 11.2 Å². The van der Waals surface area contributed by atoms with Crippen LogP contribution < -0.4 is 0 Å². The largest absolute Gasteiger partial charge is 0.455 e. The van der Waals surface area contributed by atoms with E-state index in [0.717, 1.165) is 65.9 Å². The van der Waals surface area contributed by atoms with E-state index < -0.39 is 0 Å². The molecule has 0 unspecified atom stereocenters. The summed E-state index contributed by atoms with van der Waals surface area (Å²) in [4.78, 5) is 10.4. The van der Waals surface area contributed by atoms with Gasteiger partial charge < -0.3 is 4.42 Å². The lowest BCUT2D eigenvalue weighted by Gasteiger charge is -2.12. The van der Waals surface area contributed by atoms with Gasteiger partial charge in [-0.3, -0.25) is 4.57 Å². The second-order valence-corrected chi connectivity index (χ2v) is 11.4. The Balaban J connectivity index is 1.32. The highest BCUT2D eigenvalue weighted by molar-refractivity contribution is 6.23. The molecule has 44 heavy (non-hydrogen) atoms. The van der Waals surface area contributed by atoms with Crippen molar-refractivity contribution in [1.29, 1.82) is 0 Å². The number of benzene rings is 7. The molecular weight excluding hydrogens is 538 g/mol. The highest BCUT2D eigenvalue weighted by atomic mass is 16.3. The van der Waals surface area contributed by atoms with Gasteiger partial charge in [0.25, 0.3) is 0 Å². The maximum atomic E-state index is 6.41. The average molecular weight is 562 g/mol. The molecule has 4 nitrogen and oxygen atoms in total. The lowest BCUT2D eigenvalue weighted by molar-refractivity contribution is 0.672. The van der Waals surface area contributed by atoms with E-state index in [4.69, 9.17) is 14.4 Å². The van der Waals surface area contributed by atoms with Gasteiger partial charge in [-0.2, -0.15) is 0 Å². The predicted molar refractivity (Wildman–Crippen MR) is 182 cm³/mol. The van der Waals surface area contributed by atoms with Crippen LogP contribution in [0.25, 0.3) is 93.4 Å². The Morgan fingerprint density at radius 3 is 2.07 bits per heavy atom. The second kappa shape index (κ2) is 8.76. The molecule has 204 valence electrons. The summed E-state index contributed by atoms with van der Waals surface area (Å²) in [5.41, 5.74) is 6.90. The zero-order valence-electron chi connectivity index (χ0n) is 23.5. The standard InChI is InChI=1S/C40H23N3O/c1-2-10-24(11-3-1)38-31-14-4-7-15-34(31)41-40(42-38)43-35-16-8-5-12-27(35)33-22-25-18-19-29-26(32(25)23-36(33)43)20-21-30-28-13-6-9-17-37(28)44-39(29)30/h1-23H. The van der Waals surface area contributed by atoms with Crippen molar-refractivity contribution in [1.82, 2.24) is 14.5 Å². The van der Waals surface area contributed by atoms with Crippen LogP contribution in [-0.4, -0.2) is 14.5 Å². The molecule has 3 heterocycles. The number of rotatable bonds is 2. The van der Waals surface area contributed by atoms with Crippen LogP contribution in [0.5, 0.6) is 0 Å². The van der Waals surface area contributed by atoms with Gasteiger partial charge >= 0.3 is 0 Å². The van der Waals surface area contributed by atoms with E-state index in [2.05, 4.69) is 120 Å². The van der Waals surface area contributed by atoms with Crippen LogP contribution in [-0.2, 0) is 0 Å². The Bertz CT molecular complexity index is 2770. The maximum Gasteiger partial charge on any atom is 0.235 e. The summed E-state index contributed by atoms with van der Waals surface area (Å²) in [6.45, 7) is 0. The average Bonchev–Trinajstić information content (AvgIpc) is 3.63. The van der Waals surface area contributed by atoms with Crippen LogP contribution in [0.3, 0.4) is 0 Å². The molecule has 0 saturated heterocycles. The molecule has 0 radical (unpaired) electrons. The van der Waals surface area contributed by atoms with Crippen molar-refractivity contribution in [3.05, 3.63) is 140 Å². The van der Waals surface area contributed by atoms with Crippen LogP contribution in [0.4, 0.5) is 0 Å². The normalized spacial score (nSPS) is 12.1. The molecule has 7 aromatic carbocycles. The van der Waals surface area contributed by atoms with Gasteiger partial charge in [-0.1, -0.05) is 97.1 Å². The molecule has 3 aromatic heterocycles. The molecule has 0 aliphatic carbocycles. The van der Waals surface area contributed by atoms with Crippen LogP contribution in [0.15, 0.2) is 144 Å². The minimum atomic E-state index is 0.660. The van der Waals surface area contributed by atoms with Crippen molar-refractivity contribution < 1.29 is 4.42 Å². The SMILES string of the molecule is c1ccc(-c2nc(-n3c4ccccc4c4cc5ccc6c(ccc7c8ccccc8oc76)c5cc43)nc3ccccc23)cc1. The molecule has 0 saturated carbocycles. The first-order valence-electron chi connectivity index (χ1n) is 14.8. The fourth-order valence-electron chi connectivity index (χ4n) is 6.98. The quantitative estimate of drug-likeness (QED) is 0.197. The molecule has 0 amide bonds. The van der Waals surface area contributed by atoms with E-state index in [1.54, 1.807) is 0 Å². The first kappa shape index (κ1) is 23.6. The van der Waals surface area contributed by atoms with E-state index in [1.807, 2.05) is 24.3 Å². The molecule has 0 fully saturated rings. The van der Waals surface area contributed by atoms with Gasteiger partial charge in [0.2, 0.25) is 5.95 Å². The summed E-state index contributed by atoms with van der Waals surface area (Å²) >= 11 is 0. The topological polar surface area (TPSA) is 43.9 Å². The van der Waals surface area contributed by atoms with E-state index in [-0.39, 0.29) is 0 Å². The molecule has 4 heteroatoms. The maximum absolute atomic E-state index is 6.41. The molecular formula is C40H23N3O. The van der Waals surface area contributed by atoms with E-state index in [9.17, 15) is 0 Å². The van der Waals surface area contributed by atoms with Crippen LogP contribution in [0.1, 0.15) is 0 Å². The van der Waals surface area contributed by atoms with Crippen LogP contribution in [0.2, 0.25) is 0 Å². The molecule has 0 N–H and O–H groups in total. The third-order valence-corrected chi connectivity index (χ3v) is 8.99. The first-order chi connectivity index (χ1) is 21.8. The monoisotopic (exact) mass is 561 g/mol. The molecule has 0 spiro atoms. The van der Waals surface area contributed by atoms with Gasteiger partial charge in [-0.25, -0.2) is 9.97 Å². The smallest absolute Gasteiger partial charge is 0.235 e. The summed E-state index contributed by atoms with van der Waals surface area (Å²) < 4.78 is 8.64. The molecule has 0 bridgehead atoms. The fraction of sp³-hybridized carbons (Fsp3) is 0. The van der Waals surface area contributed by atoms with Crippen molar-refractivity contribution in [2.45, 2.75) is 0 Å². The van der Waals surface area contributed by atoms with Crippen LogP contribution in [0, 0.1) is 0 Å². The van der Waals surface area contributed by atoms with E-state index in [0.29, 0.717) is 5.95 Å². The Labute approximate surface area is 251 Å². The first-order valence-corrected chi connectivity index (χ1v) is 14.8. The molecule has 0 aliphatic rings. The molecule has 0 aliphatic heterocycles. The number of nitrogens with zero attached hydrogens (tertiary/aromatic N) is 3. The molecule has 10 rings (SSSR count). The number of aromatic nitrogens is 3. The van der Waals surface area contributed by atoms with Crippen molar-refractivity contribution >= 4 is 76.2 Å². The van der Waals surface area contributed by atoms with Gasteiger partial charge in [-0.15, -0.1) is 0 Å². The van der Waals surface area contributed by atoms with Crippen molar-refractivity contribution in [2.75, 3.05) is 0 Å². The van der Waals surface area contributed by atoms with Gasteiger partial charge in [0, 0.05) is 37.9 Å². The summed E-state index contributed by atoms with van der Waals surface area (Å²) in [6.07, 6.45) is 0. The number of hydrogen-bond acceptors (Lipinski definition) is 3. The van der Waals surface area contributed by atoms with Gasteiger partial charge in [-0.05, 0) is 58.6 Å². The Morgan fingerprint density at radius 2 is 1.16 bits per heavy atom. The van der Waals surface area contributed by atoms with Gasteiger partial charge in [0.05, 0.1) is 22.2 Å². The zero-order valence-corrected chi connectivity index (χ0v) is 23.5. The van der Waals surface area contributed by atoms with Crippen LogP contribution >= 0.6 is 0 Å². The number of furan rings is 1. The van der Waals surface area contributed by atoms with Crippen molar-refractivity contribution in [3.8, 4) is 17.2 Å². The Kier molecular flexibility index (Phi) is 4.69. The summed E-state index contributed by atoms with van der Waals surface area (Å²) in [6, 6.07) is 48.9. The lowest BCUT2D eigenvalue weighted by Crippen LogP contribution is -2.03. The zero-order chi connectivity index (χ0) is 28.8. The highest BCUT2D eigenvalue weighted by Gasteiger charge is 2.19. The summed E-state index contributed by atoms with van der Waals surface area (Å²) in [5.74, 6) is 0.660. The fourth-order valence-corrected chi connectivity index (χ4v) is 6.98. The third kappa shape index (κ3) is 3.22. The molecule has 10 aromatic rings. The van der Waals surface area contributed by atoms with E-state index >= 15 is 0 Å². The van der Waals surface area contributed by atoms with Crippen molar-refractivity contribution in [3.63, 3.8) is 0 Å². The molecule has 0 atom stereocenters. The number of hydrogen-bond donors (Lipinski definition) is 0. The van der Waals surface area contributed by atoms with Crippen molar-refractivity contribution in [2.24, 2.45) is 0 Å². The summed E-state index contributed by atoms with van der Waals surface area (Å²) in [5, 5.41) is 10.3. The Morgan fingerprint density at radius 1 is 0.455 bits per heavy atom. The number of para-hydroxylation sites is 3. The Hall–Kier alpha value is -6.00. The minimum absolute atomic E-state index is 0.660. The second-order valence-electron chi connectivity index (χ2n) is 11.4.